The molecule has 1 aliphatic heterocycles. The van der Waals surface area contributed by atoms with Gasteiger partial charge in [0.05, 0.1) is 28.3 Å². The summed E-state index contributed by atoms with van der Waals surface area (Å²) in [7, 11) is 0. The molecule has 0 aliphatic carbocycles. The lowest BCUT2D eigenvalue weighted by molar-refractivity contribution is -0.0597. The Morgan fingerprint density at radius 2 is 1.85 bits per heavy atom. The van der Waals surface area contributed by atoms with Gasteiger partial charge in [-0.15, -0.1) is 11.3 Å². The third-order valence-electron chi connectivity index (χ3n) is 4.43. The van der Waals surface area contributed by atoms with E-state index in [2.05, 4.69) is 0 Å². The van der Waals surface area contributed by atoms with E-state index in [1.54, 1.807) is 24.3 Å². The van der Waals surface area contributed by atoms with Crippen molar-refractivity contribution in [3.05, 3.63) is 87.3 Å². The molecule has 2 aromatic carbocycles. The van der Waals surface area contributed by atoms with Crippen LogP contribution >= 0.6 is 22.9 Å². The van der Waals surface area contributed by atoms with Crippen LogP contribution in [-0.2, 0) is 15.9 Å². The minimum atomic E-state index is -0.349. The highest BCUT2D eigenvalue weighted by Gasteiger charge is 2.28. The van der Waals surface area contributed by atoms with Crippen molar-refractivity contribution in [3.63, 3.8) is 0 Å². The zero-order chi connectivity index (χ0) is 18.8. The fourth-order valence-corrected chi connectivity index (χ4v) is 4.30. The number of rotatable bonds is 5. The van der Waals surface area contributed by atoms with Crippen molar-refractivity contribution < 1.29 is 14.3 Å². The smallest absolute Gasteiger partial charge is 0.197 e. The van der Waals surface area contributed by atoms with Gasteiger partial charge in [-0.1, -0.05) is 54.1 Å². The zero-order valence-corrected chi connectivity index (χ0v) is 16.0. The number of ketones is 1. The summed E-state index contributed by atoms with van der Waals surface area (Å²) in [6, 6.07) is 18.7. The fraction of sp³-hybridized carbons (Fsp3) is 0.190. The molecule has 27 heavy (non-hydrogen) atoms. The van der Waals surface area contributed by atoms with Crippen LogP contribution in [0.15, 0.2) is 60.7 Å². The minimum Gasteiger partial charge on any atom is -0.390 e. The van der Waals surface area contributed by atoms with Crippen LogP contribution in [0.3, 0.4) is 0 Å². The van der Waals surface area contributed by atoms with Crippen LogP contribution in [0.4, 0.5) is 5.00 Å². The van der Waals surface area contributed by atoms with Crippen LogP contribution in [0.5, 0.6) is 0 Å². The number of halogens is 1. The van der Waals surface area contributed by atoms with E-state index in [1.807, 2.05) is 36.4 Å². The van der Waals surface area contributed by atoms with E-state index in [1.165, 1.54) is 11.3 Å². The first-order valence-electron chi connectivity index (χ1n) is 8.61. The molecule has 2 heterocycles. The highest BCUT2D eigenvalue weighted by Crippen LogP contribution is 2.33. The van der Waals surface area contributed by atoms with Gasteiger partial charge in [0.1, 0.15) is 0 Å². The zero-order valence-electron chi connectivity index (χ0n) is 14.4. The molecule has 0 amide bonds. The maximum Gasteiger partial charge on any atom is 0.197 e. The fourth-order valence-electron chi connectivity index (χ4n) is 3.09. The molecule has 0 saturated carbocycles. The first kappa shape index (κ1) is 18.2. The third-order valence-corrected chi connectivity index (χ3v) is 5.74. The van der Waals surface area contributed by atoms with Gasteiger partial charge in [-0.2, -0.15) is 0 Å². The molecule has 4 nitrogen and oxygen atoms in total. The van der Waals surface area contributed by atoms with Crippen molar-refractivity contribution in [2.45, 2.75) is 18.8 Å². The lowest BCUT2D eigenvalue weighted by Gasteiger charge is -2.10. The van der Waals surface area contributed by atoms with E-state index in [4.69, 9.17) is 26.8 Å². The number of nitrogen functional groups attached to an aromatic ring is 1. The molecule has 0 bridgehead atoms. The van der Waals surface area contributed by atoms with E-state index in [9.17, 15) is 4.79 Å². The SMILES string of the molecule is Nc1sc(CC2COC(c3ccccc3)O2)cc1C(=O)c1ccccc1Cl. The maximum atomic E-state index is 12.8. The number of thiophene rings is 1. The highest BCUT2D eigenvalue weighted by molar-refractivity contribution is 7.16. The van der Waals surface area contributed by atoms with Gasteiger partial charge in [-0.05, 0) is 18.2 Å². The number of anilines is 1. The Balaban J connectivity index is 1.46. The van der Waals surface area contributed by atoms with Gasteiger partial charge >= 0.3 is 0 Å². The van der Waals surface area contributed by atoms with Crippen LogP contribution in [0, 0.1) is 0 Å². The number of benzene rings is 2. The highest BCUT2D eigenvalue weighted by atomic mass is 35.5. The number of carbonyl (C=O) groups is 1. The van der Waals surface area contributed by atoms with Gasteiger partial charge in [0, 0.05) is 22.4 Å². The van der Waals surface area contributed by atoms with E-state index in [-0.39, 0.29) is 18.2 Å². The standard InChI is InChI=1S/C21H18ClNO3S/c22-18-9-5-4-8-16(18)19(24)17-11-15(27-20(17)23)10-14-12-25-21(26-14)13-6-2-1-3-7-13/h1-9,11,14,21H,10,12,23H2. The van der Waals surface area contributed by atoms with Crippen molar-refractivity contribution >= 4 is 33.7 Å². The average Bonchev–Trinajstić information content (AvgIpc) is 3.29. The summed E-state index contributed by atoms with van der Waals surface area (Å²) in [5, 5.41) is 0.918. The summed E-state index contributed by atoms with van der Waals surface area (Å²) in [4.78, 5) is 13.8. The van der Waals surface area contributed by atoms with Crippen molar-refractivity contribution in [2.75, 3.05) is 12.3 Å². The molecule has 1 fully saturated rings. The van der Waals surface area contributed by atoms with Crippen molar-refractivity contribution in [2.24, 2.45) is 0 Å². The number of hydrogen-bond donors (Lipinski definition) is 1. The molecule has 1 saturated heterocycles. The molecule has 4 rings (SSSR count). The molecule has 1 aromatic heterocycles. The van der Waals surface area contributed by atoms with E-state index in [0.717, 1.165) is 10.4 Å². The monoisotopic (exact) mass is 399 g/mol. The molecule has 2 N–H and O–H groups in total. The normalized spacial score (nSPS) is 19.3. The van der Waals surface area contributed by atoms with Crippen LogP contribution in [0.1, 0.15) is 32.7 Å². The van der Waals surface area contributed by atoms with Gasteiger partial charge < -0.3 is 15.2 Å². The van der Waals surface area contributed by atoms with Crippen LogP contribution < -0.4 is 5.73 Å². The number of carbonyl (C=O) groups excluding carboxylic acids is 1. The molecule has 6 heteroatoms. The number of hydrogen-bond acceptors (Lipinski definition) is 5. The predicted molar refractivity (Wildman–Crippen MR) is 107 cm³/mol. The summed E-state index contributed by atoms with van der Waals surface area (Å²) in [6.45, 7) is 0.505. The average molecular weight is 400 g/mol. The Kier molecular flexibility index (Phi) is 5.27. The summed E-state index contributed by atoms with van der Waals surface area (Å²) in [6.07, 6.45) is 0.225. The molecule has 1 aliphatic rings. The summed E-state index contributed by atoms with van der Waals surface area (Å²) in [5.41, 5.74) is 8.05. The maximum absolute atomic E-state index is 12.8. The van der Waals surface area contributed by atoms with Crippen molar-refractivity contribution in [3.8, 4) is 0 Å². The lowest BCUT2D eigenvalue weighted by atomic mass is 10.0. The van der Waals surface area contributed by atoms with Crippen LogP contribution in [0.2, 0.25) is 5.02 Å². The largest absolute Gasteiger partial charge is 0.390 e. The minimum absolute atomic E-state index is 0.0727. The number of nitrogens with two attached hydrogens (primary N) is 1. The van der Waals surface area contributed by atoms with Crippen molar-refractivity contribution in [1.29, 1.82) is 0 Å². The van der Waals surface area contributed by atoms with Crippen LogP contribution in [-0.4, -0.2) is 18.5 Å². The van der Waals surface area contributed by atoms with Crippen LogP contribution in [0.25, 0.3) is 0 Å². The van der Waals surface area contributed by atoms with Crippen molar-refractivity contribution in [1.82, 2.24) is 0 Å². The summed E-state index contributed by atoms with van der Waals surface area (Å²) >= 11 is 7.55. The predicted octanol–water partition coefficient (Wildman–Crippen LogP) is 4.87. The quantitative estimate of drug-likeness (QED) is 0.621. The first-order valence-corrected chi connectivity index (χ1v) is 9.80. The van der Waals surface area contributed by atoms with E-state index in [0.29, 0.717) is 34.2 Å². The number of ether oxygens (including phenoxy) is 2. The Morgan fingerprint density at radius 1 is 1.11 bits per heavy atom. The molecule has 138 valence electrons. The lowest BCUT2D eigenvalue weighted by Crippen LogP contribution is -2.12. The molecule has 2 atom stereocenters. The summed E-state index contributed by atoms with van der Waals surface area (Å²) < 4.78 is 11.8. The Labute approximate surface area is 166 Å². The van der Waals surface area contributed by atoms with Gasteiger partial charge in [-0.25, -0.2) is 0 Å². The Hall–Kier alpha value is -2.18. The second-order valence-corrected chi connectivity index (χ2v) is 7.91. The van der Waals surface area contributed by atoms with Gasteiger partial charge in [-0.3, -0.25) is 4.79 Å². The second-order valence-electron chi connectivity index (χ2n) is 6.34. The Morgan fingerprint density at radius 3 is 2.63 bits per heavy atom. The first-order chi connectivity index (χ1) is 13.1. The Bertz CT molecular complexity index is 957. The molecule has 0 radical (unpaired) electrons. The van der Waals surface area contributed by atoms with Gasteiger partial charge in [0.25, 0.3) is 0 Å². The molecule has 0 spiro atoms. The third kappa shape index (κ3) is 3.92. The summed E-state index contributed by atoms with van der Waals surface area (Å²) in [5.74, 6) is -0.161. The van der Waals surface area contributed by atoms with E-state index >= 15 is 0 Å². The van der Waals surface area contributed by atoms with Gasteiger partial charge in [0.2, 0.25) is 0 Å². The second kappa shape index (κ2) is 7.82. The molecule has 3 aromatic rings. The topological polar surface area (TPSA) is 61.6 Å². The molecular weight excluding hydrogens is 382 g/mol. The molecule has 2 unspecified atom stereocenters. The van der Waals surface area contributed by atoms with Gasteiger partial charge in [0.15, 0.2) is 12.1 Å². The molecular formula is C21H18ClNO3S. The van der Waals surface area contributed by atoms with E-state index < -0.39 is 0 Å².